The predicted octanol–water partition coefficient (Wildman–Crippen LogP) is 3.26. The van der Waals surface area contributed by atoms with E-state index in [2.05, 4.69) is 15.9 Å². The molecule has 1 aromatic carbocycles. The summed E-state index contributed by atoms with van der Waals surface area (Å²) >= 11 is 3.20. The lowest BCUT2D eigenvalue weighted by atomic mass is 9.90. The molecule has 0 aromatic heterocycles. The van der Waals surface area contributed by atoms with E-state index in [0.29, 0.717) is 24.0 Å². The van der Waals surface area contributed by atoms with Gasteiger partial charge in [-0.05, 0) is 66.4 Å². The van der Waals surface area contributed by atoms with Gasteiger partial charge in [0, 0.05) is 13.1 Å². The van der Waals surface area contributed by atoms with E-state index in [-0.39, 0.29) is 24.3 Å². The third-order valence-corrected chi connectivity index (χ3v) is 4.84. The molecule has 1 saturated heterocycles. The van der Waals surface area contributed by atoms with Gasteiger partial charge in [0.2, 0.25) is 5.91 Å². The molecule has 5 nitrogen and oxygen atoms in total. The largest absolute Gasteiger partial charge is 0.444 e. The van der Waals surface area contributed by atoms with Crippen LogP contribution in [0, 0.1) is 5.82 Å². The van der Waals surface area contributed by atoms with Gasteiger partial charge < -0.3 is 9.64 Å². The van der Waals surface area contributed by atoms with E-state index in [1.165, 1.54) is 11.0 Å². The Labute approximate surface area is 148 Å². The quantitative estimate of drug-likeness (QED) is 0.673. The average Bonchev–Trinajstić information content (AvgIpc) is 2.46. The second-order valence-corrected chi connectivity index (χ2v) is 8.03. The number of benzene rings is 1. The van der Waals surface area contributed by atoms with Gasteiger partial charge in [0.25, 0.3) is 0 Å². The molecular formula is C17H20BrFN2O3. The topological polar surface area (TPSA) is 49.9 Å². The zero-order valence-electron chi connectivity index (χ0n) is 13.9. The van der Waals surface area contributed by atoms with Gasteiger partial charge in [0.15, 0.2) is 0 Å². The van der Waals surface area contributed by atoms with E-state index in [4.69, 9.17) is 4.74 Å². The Balaban J connectivity index is 1.89. The molecule has 2 aliphatic heterocycles. The van der Waals surface area contributed by atoms with E-state index in [1.54, 1.807) is 31.7 Å². The average molecular weight is 399 g/mol. The van der Waals surface area contributed by atoms with Crippen LogP contribution in [0.5, 0.6) is 0 Å². The fraction of sp³-hybridized carbons (Fsp3) is 0.529. The Morgan fingerprint density at radius 1 is 1.38 bits per heavy atom. The van der Waals surface area contributed by atoms with Crippen LogP contribution in [0.25, 0.3) is 0 Å². The van der Waals surface area contributed by atoms with Crippen molar-refractivity contribution in [2.75, 3.05) is 19.6 Å². The number of hydrogen-bond donors (Lipinski definition) is 0. The number of amides is 2. The Morgan fingerprint density at radius 2 is 2.08 bits per heavy atom. The van der Waals surface area contributed by atoms with Gasteiger partial charge in [-0.3, -0.25) is 9.69 Å². The summed E-state index contributed by atoms with van der Waals surface area (Å²) in [7, 11) is 0. The number of rotatable bonds is 0. The number of hydrogen-bond acceptors (Lipinski definition) is 3. The molecule has 7 heteroatoms. The van der Waals surface area contributed by atoms with Gasteiger partial charge in [-0.1, -0.05) is 0 Å². The second kappa shape index (κ2) is 6.02. The van der Waals surface area contributed by atoms with Gasteiger partial charge in [-0.15, -0.1) is 0 Å². The first-order chi connectivity index (χ1) is 11.2. The summed E-state index contributed by atoms with van der Waals surface area (Å²) in [6.45, 7) is 6.24. The van der Waals surface area contributed by atoms with E-state index in [1.807, 2.05) is 0 Å². The van der Waals surface area contributed by atoms with Gasteiger partial charge in [0.05, 0.1) is 10.5 Å². The lowest BCUT2D eigenvalue weighted by Crippen LogP contribution is -2.56. The van der Waals surface area contributed by atoms with Crippen molar-refractivity contribution in [3.8, 4) is 0 Å². The first-order valence-electron chi connectivity index (χ1n) is 7.91. The smallest absolute Gasteiger partial charge is 0.410 e. The monoisotopic (exact) mass is 398 g/mol. The normalized spacial score (nSPS) is 20.5. The van der Waals surface area contributed by atoms with Crippen molar-refractivity contribution in [3.63, 3.8) is 0 Å². The highest BCUT2D eigenvalue weighted by Gasteiger charge is 2.40. The maximum Gasteiger partial charge on any atom is 0.410 e. The molecule has 24 heavy (non-hydrogen) atoms. The Bertz CT molecular complexity index is 702. The van der Waals surface area contributed by atoms with Gasteiger partial charge in [0.1, 0.15) is 18.0 Å². The minimum atomic E-state index is -0.626. The van der Waals surface area contributed by atoms with Crippen LogP contribution in [-0.2, 0) is 16.0 Å². The third-order valence-electron chi connectivity index (χ3n) is 4.23. The minimum Gasteiger partial charge on any atom is -0.444 e. The molecule has 0 unspecified atom stereocenters. The summed E-state index contributed by atoms with van der Waals surface area (Å²) in [6, 6.07) is 2.89. The van der Waals surface area contributed by atoms with Crippen LogP contribution in [0.4, 0.5) is 9.18 Å². The number of nitrogens with zero attached hydrogens (tertiary/aromatic N) is 2. The highest BCUT2D eigenvalue weighted by atomic mass is 79.9. The molecule has 2 heterocycles. The van der Waals surface area contributed by atoms with Gasteiger partial charge >= 0.3 is 6.09 Å². The van der Waals surface area contributed by atoms with Crippen molar-refractivity contribution in [2.24, 2.45) is 0 Å². The van der Waals surface area contributed by atoms with Crippen molar-refractivity contribution in [2.45, 2.75) is 38.8 Å². The molecule has 0 saturated carbocycles. The number of carbonyl (C=O) groups is 2. The summed E-state index contributed by atoms with van der Waals surface area (Å²) in [5.74, 6) is -0.497. The molecule has 130 valence electrons. The number of halogens is 2. The molecular weight excluding hydrogens is 379 g/mol. The Kier molecular flexibility index (Phi) is 4.32. The SMILES string of the molecule is CC(C)(C)OC(=O)N1CC(=O)N2CCc3cc(Br)c(F)cc3[C@H]2C1. The molecule has 1 fully saturated rings. The van der Waals surface area contributed by atoms with Crippen molar-refractivity contribution in [3.05, 3.63) is 33.5 Å². The first kappa shape index (κ1) is 17.2. The third kappa shape index (κ3) is 3.27. The molecule has 0 spiro atoms. The fourth-order valence-electron chi connectivity index (χ4n) is 3.18. The van der Waals surface area contributed by atoms with Crippen molar-refractivity contribution >= 4 is 27.9 Å². The van der Waals surface area contributed by atoms with Gasteiger partial charge in [-0.25, -0.2) is 9.18 Å². The van der Waals surface area contributed by atoms with E-state index < -0.39 is 11.7 Å². The molecule has 0 N–H and O–H groups in total. The lowest BCUT2D eigenvalue weighted by Gasteiger charge is -2.44. The fourth-order valence-corrected chi connectivity index (χ4v) is 3.57. The molecule has 1 aromatic rings. The highest BCUT2D eigenvalue weighted by molar-refractivity contribution is 9.10. The van der Waals surface area contributed by atoms with E-state index in [9.17, 15) is 14.0 Å². The van der Waals surface area contributed by atoms with Crippen molar-refractivity contribution < 1.29 is 18.7 Å². The standard InChI is InChI=1S/C17H20BrFN2O3/c1-17(2,3)24-16(23)20-8-14-11-7-13(19)12(18)6-10(11)4-5-21(14)15(22)9-20/h6-7,14H,4-5,8-9H2,1-3H3/t14-/m1/s1. The maximum atomic E-state index is 14.0. The predicted molar refractivity (Wildman–Crippen MR) is 90.1 cm³/mol. The molecule has 2 aliphatic rings. The van der Waals surface area contributed by atoms with E-state index >= 15 is 0 Å². The molecule has 1 atom stereocenters. The van der Waals surface area contributed by atoms with Crippen molar-refractivity contribution in [1.29, 1.82) is 0 Å². The maximum absolute atomic E-state index is 14.0. The zero-order valence-corrected chi connectivity index (χ0v) is 15.5. The molecule has 0 aliphatic carbocycles. The summed E-state index contributed by atoms with van der Waals surface area (Å²) in [5.41, 5.74) is 1.14. The minimum absolute atomic E-state index is 0.000241. The molecule has 3 rings (SSSR count). The van der Waals surface area contributed by atoms with Crippen LogP contribution in [-0.4, -0.2) is 47.0 Å². The van der Waals surface area contributed by atoms with Gasteiger partial charge in [-0.2, -0.15) is 0 Å². The number of fused-ring (bicyclic) bond motifs is 3. The molecule has 0 radical (unpaired) electrons. The highest BCUT2D eigenvalue weighted by Crippen LogP contribution is 2.35. The van der Waals surface area contributed by atoms with E-state index in [0.717, 1.165) is 11.1 Å². The second-order valence-electron chi connectivity index (χ2n) is 7.18. The summed E-state index contributed by atoms with van der Waals surface area (Å²) in [6.07, 6.45) is 0.170. The molecule has 0 bridgehead atoms. The summed E-state index contributed by atoms with van der Waals surface area (Å²) in [5, 5.41) is 0. The first-order valence-corrected chi connectivity index (χ1v) is 8.70. The number of piperazine rings is 1. The Hall–Kier alpha value is -1.63. The lowest BCUT2D eigenvalue weighted by molar-refractivity contribution is -0.140. The summed E-state index contributed by atoms with van der Waals surface area (Å²) in [4.78, 5) is 27.9. The van der Waals surface area contributed by atoms with Crippen molar-refractivity contribution in [1.82, 2.24) is 9.80 Å². The van der Waals surface area contributed by atoms with Crippen LogP contribution >= 0.6 is 15.9 Å². The summed E-state index contributed by atoms with van der Waals surface area (Å²) < 4.78 is 19.8. The van der Waals surface area contributed by atoms with Crippen LogP contribution < -0.4 is 0 Å². The number of carbonyl (C=O) groups excluding carboxylic acids is 2. The van der Waals surface area contributed by atoms with Crippen LogP contribution in [0.2, 0.25) is 0 Å². The Morgan fingerprint density at radius 3 is 2.75 bits per heavy atom. The van der Waals surface area contributed by atoms with Crippen LogP contribution in [0.1, 0.15) is 37.9 Å². The van der Waals surface area contributed by atoms with Crippen LogP contribution in [0.3, 0.4) is 0 Å². The van der Waals surface area contributed by atoms with Crippen LogP contribution in [0.15, 0.2) is 16.6 Å². The zero-order chi connectivity index (χ0) is 17.6. The molecule has 2 amide bonds. The number of ether oxygens (including phenoxy) is 1.